The molecule has 0 radical (unpaired) electrons. The van der Waals surface area contributed by atoms with Gasteiger partial charge in [-0.05, 0) is 38.1 Å². The van der Waals surface area contributed by atoms with Gasteiger partial charge in [-0.1, -0.05) is 23.2 Å². The van der Waals surface area contributed by atoms with Crippen molar-refractivity contribution in [2.75, 3.05) is 18.9 Å². The van der Waals surface area contributed by atoms with E-state index in [1.54, 1.807) is 37.5 Å². The molecule has 7 nitrogen and oxygen atoms in total. The minimum absolute atomic E-state index is 0.0113. The number of anilines is 1. The van der Waals surface area contributed by atoms with Crippen LogP contribution in [-0.2, 0) is 11.3 Å². The van der Waals surface area contributed by atoms with E-state index in [1.807, 2.05) is 13.0 Å². The monoisotopic (exact) mass is 486 g/mol. The Morgan fingerprint density at radius 3 is 2.76 bits per heavy atom. The molecular formula is C24H24Cl2N4O3. The Kier molecular flexibility index (Phi) is 7.02. The molecule has 172 valence electrons. The number of hydrogen-bond donors (Lipinski definition) is 2. The van der Waals surface area contributed by atoms with E-state index in [2.05, 4.69) is 9.97 Å². The van der Waals surface area contributed by atoms with Crippen molar-refractivity contribution < 1.29 is 14.2 Å². The van der Waals surface area contributed by atoms with Gasteiger partial charge in [-0.15, -0.1) is 0 Å². The molecule has 3 N–H and O–H groups in total. The fourth-order valence-corrected chi connectivity index (χ4v) is 3.93. The Balaban J connectivity index is 1.52. The van der Waals surface area contributed by atoms with Gasteiger partial charge in [0.1, 0.15) is 18.5 Å². The predicted octanol–water partition coefficient (Wildman–Crippen LogP) is 5.15. The number of benzene rings is 1. The summed E-state index contributed by atoms with van der Waals surface area (Å²) in [6.07, 6.45) is 4.02. The molecule has 4 rings (SSSR count). The van der Waals surface area contributed by atoms with Crippen LogP contribution in [0, 0.1) is 19.3 Å². The average Bonchev–Trinajstić information content (AvgIpc) is 3.31. The first-order chi connectivity index (χ1) is 15.8. The van der Waals surface area contributed by atoms with Crippen LogP contribution in [0.4, 0.5) is 5.69 Å². The summed E-state index contributed by atoms with van der Waals surface area (Å²) in [5, 5.41) is 9.61. The van der Waals surface area contributed by atoms with E-state index < -0.39 is 0 Å². The quantitative estimate of drug-likeness (QED) is 0.353. The summed E-state index contributed by atoms with van der Waals surface area (Å²) >= 11 is 12.6. The van der Waals surface area contributed by atoms with E-state index in [0.717, 1.165) is 12.0 Å². The van der Waals surface area contributed by atoms with Crippen LogP contribution < -0.4 is 15.2 Å². The molecule has 3 heterocycles. The lowest BCUT2D eigenvalue weighted by Crippen LogP contribution is -2.17. The predicted molar refractivity (Wildman–Crippen MR) is 129 cm³/mol. The van der Waals surface area contributed by atoms with Crippen molar-refractivity contribution in [3.8, 4) is 11.6 Å². The summed E-state index contributed by atoms with van der Waals surface area (Å²) in [7, 11) is 0. The zero-order valence-electron chi connectivity index (χ0n) is 18.3. The number of pyridine rings is 2. The summed E-state index contributed by atoms with van der Waals surface area (Å²) in [6.45, 7) is 5.14. The highest BCUT2D eigenvalue weighted by Gasteiger charge is 2.20. The molecule has 0 saturated carbocycles. The minimum atomic E-state index is 0.0113. The summed E-state index contributed by atoms with van der Waals surface area (Å²) in [5.74, 6) is 1.09. The topological polar surface area (TPSA) is 103 Å². The van der Waals surface area contributed by atoms with Crippen LogP contribution in [0.25, 0.3) is 0 Å². The van der Waals surface area contributed by atoms with Crippen LogP contribution in [0.2, 0.25) is 10.0 Å². The zero-order valence-corrected chi connectivity index (χ0v) is 19.8. The highest BCUT2D eigenvalue weighted by molar-refractivity contribution is 6.36. The Hall–Kier alpha value is -2.87. The van der Waals surface area contributed by atoms with Gasteiger partial charge in [0.2, 0.25) is 5.88 Å². The number of aromatic nitrogens is 2. The molecule has 1 aliphatic heterocycles. The molecule has 1 aromatic carbocycles. The summed E-state index contributed by atoms with van der Waals surface area (Å²) in [5.41, 5.74) is 10.2. The van der Waals surface area contributed by atoms with Gasteiger partial charge in [0.15, 0.2) is 0 Å². The van der Waals surface area contributed by atoms with Gasteiger partial charge in [-0.2, -0.15) is 0 Å². The summed E-state index contributed by atoms with van der Waals surface area (Å²) in [4.78, 5) is 8.55. The van der Waals surface area contributed by atoms with Gasteiger partial charge in [-0.25, -0.2) is 4.98 Å². The molecule has 33 heavy (non-hydrogen) atoms. The van der Waals surface area contributed by atoms with Crippen LogP contribution in [0.15, 0.2) is 36.7 Å². The number of halogens is 2. The highest BCUT2D eigenvalue weighted by atomic mass is 35.5. The molecular weight excluding hydrogens is 463 g/mol. The highest BCUT2D eigenvalue weighted by Crippen LogP contribution is 2.29. The van der Waals surface area contributed by atoms with Crippen molar-refractivity contribution in [3.05, 3.63) is 74.7 Å². The second kappa shape index (κ2) is 9.95. The van der Waals surface area contributed by atoms with E-state index >= 15 is 0 Å². The second-order valence-corrected chi connectivity index (χ2v) is 8.63. The van der Waals surface area contributed by atoms with Gasteiger partial charge in [0, 0.05) is 46.8 Å². The lowest BCUT2D eigenvalue weighted by Gasteiger charge is -2.15. The van der Waals surface area contributed by atoms with Crippen LogP contribution >= 0.6 is 23.2 Å². The van der Waals surface area contributed by atoms with Crippen LogP contribution in [0.1, 0.15) is 34.4 Å². The standard InChI is InChI=1S/C24H24Cl2N4O3/c1-13-7-15(9-30-24(13)33-17-5-6-31-11-17)23(28)18-8-16(3-4-21(18)27)32-12-19-20(25)10-29-14(2)22(19)26/h3-4,7-10,17,28H,5-6,11-12,27H2,1-2H3. The Morgan fingerprint density at radius 1 is 1.21 bits per heavy atom. The number of nitrogens with one attached hydrogen (secondary N) is 1. The fraction of sp³-hybridized carbons (Fsp3) is 0.292. The first-order valence-electron chi connectivity index (χ1n) is 10.5. The number of nitrogen functional groups attached to an aromatic ring is 1. The van der Waals surface area contributed by atoms with Crippen molar-refractivity contribution in [3.63, 3.8) is 0 Å². The molecule has 3 aromatic rings. The maximum absolute atomic E-state index is 8.71. The molecule has 1 fully saturated rings. The van der Waals surface area contributed by atoms with Crippen LogP contribution in [-0.4, -0.2) is 35.0 Å². The van der Waals surface area contributed by atoms with E-state index in [9.17, 15) is 0 Å². The Morgan fingerprint density at radius 2 is 2.03 bits per heavy atom. The van der Waals surface area contributed by atoms with E-state index in [0.29, 0.717) is 63.0 Å². The van der Waals surface area contributed by atoms with Gasteiger partial charge < -0.3 is 19.9 Å². The second-order valence-electron chi connectivity index (χ2n) is 7.85. The fourth-order valence-electron chi connectivity index (χ4n) is 3.48. The molecule has 1 unspecified atom stereocenters. The van der Waals surface area contributed by atoms with Gasteiger partial charge in [-0.3, -0.25) is 10.4 Å². The maximum atomic E-state index is 8.71. The average molecular weight is 487 g/mol. The molecule has 9 heteroatoms. The van der Waals surface area contributed by atoms with Gasteiger partial charge >= 0.3 is 0 Å². The Labute approximate surface area is 202 Å². The number of nitrogens with zero attached hydrogens (tertiary/aromatic N) is 2. The normalized spacial score (nSPS) is 15.5. The third-order valence-corrected chi connectivity index (χ3v) is 6.23. The Bertz CT molecular complexity index is 1200. The molecule has 0 bridgehead atoms. The third-order valence-electron chi connectivity index (χ3n) is 5.40. The van der Waals surface area contributed by atoms with Crippen molar-refractivity contribution in [1.29, 1.82) is 5.41 Å². The van der Waals surface area contributed by atoms with Crippen LogP contribution in [0.3, 0.4) is 0 Å². The minimum Gasteiger partial charge on any atom is -0.489 e. The third kappa shape index (κ3) is 5.21. The number of rotatable bonds is 7. The number of hydrogen-bond acceptors (Lipinski definition) is 7. The molecule has 0 spiro atoms. The number of ether oxygens (including phenoxy) is 3. The number of nitrogens with two attached hydrogens (primary N) is 1. The summed E-state index contributed by atoms with van der Waals surface area (Å²) < 4.78 is 17.2. The molecule has 2 aromatic heterocycles. The molecule has 1 saturated heterocycles. The molecule has 0 amide bonds. The maximum Gasteiger partial charge on any atom is 0.216 e. The van der Waals surface area contributed by atoms with Crippen molar-refractivity contribution in [2.24, 2.45) is 0 Å². The van der Waals surface area contributed by atoms with E-state index in [-0.39, 0.29) is 18.4 Å². The smallest absolute Gasteiger partial charge is 0.216 e. The summed E-state index contributed by atoms with van der Waals surface area (Å²) in [6, 6.07) is 7.04. The number of aryl methyl sites for hydroxylation is 2. The lowest BCUT2D eigenvalue weighted by molar-refractivity contribution is 0.137. The van der Waals surface area contributed by atoms with E-state index in [4.69, 9.17) is 48.6 Å². The molecule has 0 aliphatic carbocycles. The van der Waals surface area contributed by atoms with Crippen molar-refractivity contribution in [2.45, 2.75) is 33.0 Å². The van der Waals surface area contributed by atoms with Gasteiger partial charge in [0.25, 0.3) is 0 Å². The first kappa shape index (κ1) is 23.3. The van der Waals surface area contributed by atoms with Crippen molar-refractivity contribution in [1.82, 2.24) is 9.97 Å². The SMILES string of the molecule is Cc1cc(C(=N)c2cc(OCc3c(Cl)cnc(C)c3Cl)ccc2N)cnc1OC1CCOC1. The van der Waals surface area contributed by atoms with E-state index in [1.165, 1.54) is 0 Å². The molecule has 1 atom stereocenters. The van der Waals surface area contributed by atoms with Crippen LogP contribution in [0.5, 0.6) is 11.6 Å². The zero-order chi connectivity index (χ0) is 23.5. The van der Waals surface area contributed by atoms with Crippen molar-refractivity contribution >= 4 is 34.6 Å². The largest absolute Gasteiger partial charge is 0.489 e. The molecule has 1 aliphatic rings. The lowest BCUT2D eigenvalue weighted by atomic mass is 10.0. The first-order valence-corrected chi connectivity index (χ1v) is 11.2. The van der Waals surface area contributed by atoms with Gasteiger partial charge in [0.05, 0.1) is 34.7 Å².